The van der Waals surface area contributed by atoms with Crippen molar-refractivity contribution in [2.24, 2.45) is 0 Å². The van der Waals surface area contributed by atoms with Crippen LogP contribution in [-0.4, -0.2) is 14.3 Å². The number of rotatable bonds is 7. The summed E-state index contributed by atoms with van der Waals surface area (Å²) in [7, 11) is -3.57. The fourth-order valence-electron chi connectivity index (χ4n) is 2.93. The number of carbonyl (C=O) groups excluding carboxylic acids is 1. The lowest BCUT2D eigenvalue weighted by atomic mass is 10.3. The van der Waals surface area contributed by atoms with Crippen LogP contribution in [0.1, 0.15) is 16.3 Å². The van der Waals surface area contributed by atoms with Crippen molar-refractivity contribution in [1.29, 1.82) is 0 Å². The molecule has 6 nitrogen and oxygen atoms in total. The lowest BCUT2D eigenvalue weighted by Crippen LogP contribution is -2.10. The van der Waals surface area contributed by atoms with E-state index in [4.69, 9.17) is 20.8 Å². The molecule has 0 radical (unpaired) electrons. The number of benzene rings is 3. The van der Waals surface area contributed by atoms with E-state index in [0.29, 0.717) is 22.2 Å². The highest BCUT2D eigenvalue weighted by molar-refractivity contribution is 7.90. The number of carbonyl (C=O) groups is 1. The average Bonchev–Trinajstić information content (AvgIpc) is 3.25. The summed E-state index contributed by atoms with van der Waals surface area (Å²) in [5, 5.41) is 3.20. The van der Waals surface area contributed by atoms with Crippen LogP contribution in [0, 0.1) is 0 Å². The topological polar surface area (TPSA) is 85.6 Å². The van der Waals surface area contributed by atoms with E-state index in [1.807, 2.05) is 12.1 Å². The SMILES string of the molecule is O=C(Nc1ccc(Oc2ccccc2Cl)cc1)c1ccc(CS(=O)(=O)c2ccccc2)o1. The molecule has 0 saturated carbocycles. The van der Waals surface area contributed by atoms with Gasteiger partial charge in [0.25, 0.3) is 5.91 Å². The number of anilines is 1. The molecular weight excluding hydrogens is 450 g/mol. The van der Waals surface area contributed by atoms with Crippen molar-refractivity contribution in [3.63, 3.8) is 0 Å². The lowest BCUT2D eigenvalue weighted by molar-refractivity contribution is 0.0995. The zero-order valence-corrected chi connectivity index (χ0v) is 18.3. The van der Waals surface area contributed by atoms with E-state index >= 15 is 0 Å². The molecule has 0 spiro atoms. The number of hydrogen-bond acceptors (Lipinski definition) is 5. The van der Waals surface area contributed by atoms with Gasteiger partial charge < -0.3 is 14.5 Å². The normalized spacial score (nSPS) is 11.2. The monoisotopic (exact) mass is 467 g/mol. The van der Waals surface area contributed by atoms with Gasteiger partial charge in [0.05, 0.1) is 9.92 Å². The summed E-state index contributed by atoms with van der Waals surface area (Å²) in [5.41, 5.74) is 0.524. The summed E-state index contributed by atoms with van der Waals surface area (Å²) in [6, 6.07) is 24.9. The van der Waals surface area contributed by atoms with Crippen LogP contribution >= 0.6 is 11.6 Å². The Balaban J connectivity index is 1.39. The van der Waals surface area contributed by atoms with Gasteiger partial charge in [0.2, 0.25) is 0 Å². The summed E-state index contributed by atoms with van der Waals surface area (Å²) in [4.78, 5) is 12.7. The average molecular weight is 468 g/mol. The van der Waals surface area contributed by atoms with E-state index in [1.54, 1.807) is 54.6 Å². The molecule has 0 bridgehead atoms. The summed E-state index contributed by atoms with van der Waals surface area (Å²) in [6.07, 6.45) is 0. The number of nitrogens with one attached hydrogen (secondary N) is 1. The molecule has 0 atom stereocenters. The highest BCUT2D eigenvalue weighted by atomic mass is 35.5. The zero-order valence-electron chi connectivity index (χ0n) is 16.7. The first-order valence-electron chi connectivity index (χ1n) is 9.61. The molecule has 1 amide bonds. The van der Waals surface area contributed by atoms with Gasteiger partial charge in [-0.1, -0.05) is 41.9 Å². The minimum atomic E-state index is -3.57. The molecular formula is C24H18ClNO5S. The molecule has 0 fully saturated rings. The van der Waals surface area contributed by atoms with Crippen LogP contribution in [0.25, 0.3) is 0 Å². The fraction of sp³-hybridized carbons (Fsp3) is 0.0417. The second kappa shape index (κ2) is 9.30. The summed E-state index contributed by atoms with van der Waals surface area (Å²) >= 11 is 6.09. The Morgan fingerprint density at radius 3 is 2.28 bits per heavy atom. The smallest absolute Gasteiger partial charge is 0.291 e. The Labute approximate surface area is 190 Å². The number of halogens is 1. The maximum absolute atomic E-state index is 12.5. The van der Waals surface area contributed by atoms with E-state index in [9.17, 15) is 13.2 Å². The van der Waals surface area contributed by atoms with E-state index in [0.717, 1.165) is 0 Å². The second-order valence-corrected chi connectivity index (χ2v) is 9.25. The molecule has 4 aromatic rings. The van der Waals surface area contributed by atoms with Crippen molar-refractivity contribution in [3.05, 3.63) is 108 Å². The quantitative estimate of drug-likeness (QED) is 0.363. The predicted molar refractivity (Wildman–Crippen MR) is 122 cm³/mol. The predicted octanol–water partition coefficient (Wildman–Crippen LogP) is 5.95. The molecule has 1 aromatic heterocycles. The Hall–Kier alpha value is -3.55. The number of hydrogen-bond donors (Lipinski definition) is 1. The van der Waals surface area contributed by atoms with Crippen LogP contribution in [0.2, 0.25) is 5.02 Å². The maximum Gasteiger partial charge on any atom is 0.291 e. The van der Waals surface area contributed by atoms with Crippen LogP contribution in [-0.2, 0) is 15.6 Å². The molecule has 4 rings (SSSR count). The first kappa shape index (κ1) is 21.7. The molecule has 32 heavy (non-hydrogen) atoms. The number of para-hydroxylation sites is 1. The van der Waals surface area contributed by atoms with Crippen molar-refractivity contribution >= 4 is 33.0 Å². The third-order valence-corrected chi connectivity index (χ3v) is 6.46. The van der Waals surface area contributed by atoms with Crippen LogP contribution in [0.4, 0.5) is 5.69 Å². The van der Waals surface area contributed by atoms with Crippen LogP contribution < -0.4 is 10.1 Å². The molecule has 0 aliphatic rings. The van der Waals surface area contributed by atoms with Gasteiger partial charge in [-0.2, -0.15) is 0 Å². The summed E-state index contributed by atoms with van der Waals surface area (Å²) in [6.45, 7) is 0. The van der Waals surface area contributed by atoms with Gasteiger partial charge in [-0.3, -0.25) is 4.79 Å². The standard InChI is InChI=1S/C24H18ClNO5S/c25-21-8-4-5-9-22(21)30-18-12-10-17(11-13-18)26-24(27)23-15-14-19(31-23)16-32(28,29)20-6-2-1-3-7-20/h1-15H,16H2,(H,26,27). The Morgan fingerprint density at radius 1 is 0.875 bits per heavy atom. The van der Waals surface area contributed by atoms with Crippen LogP contribution in [0.5, 0.6) is 11.5 Å². The van der Waals surface area contributed by atoms with E-state index < -0.39 is 15.7 Å². The zero-order chi connectivity index (χ0) is 22.6. The van der Waals surface area contributed by atoms with Gasteiger partial charge in [0, 0.05) is 5.69 Å². The maximum atomic E-state index is 12.5. The van der Waals surface area contributed by atoms with Crippen molar-refractivity contribution < 1.29 is 22.4 Å². The summed E-state index contributed by atoms with van der Waals surface area (Å²) in [5.74, 6) is 0.454. The summed E-state index contributed by atoms with van der Waals surface area (Å²) < 4.78 is 36.1. The second-order valence-electron chi connectivity index (χ2n) is 6.85. The Bertz CT molecular complexity index is 1330. The largest absolute Gasteiger partial charge is 0.456 e. The highest BCUT2D eigenvalue weighted by Gasteiger charge is 2.19. The Kier molecular flexibility index (Phi) is 6.30. The van der Waals surface area contributed by atoms with Crippen molar-refractivity contribution in [2.45, 2.75) is 10.6 Å². The van der Waals surface area contributed by atoms with Gasteiger partial charge in [0.15, 0.2) is 15.6 Å². The first-order chi connectivity index (χ1) is 15.4. The fourth-order valence-corrected chi connectivity index (χ4v) is 4.37. The van der Waals surface area contributed by atoms with Gasteiger partial charge >= 0.3 is 0 Å². The number of amides is 1. The molecule has 162 valence electrons. The lowest BCUT2D eigenvalue weighted by Gasteiger charge is -2.08. The molecule has 1 heterocycles. The molecule has 0 saturated heterocycles. The molecule has 8 heteroatoms. The molecule has 0 unspecified atom stereocenters. The van der Waals surface area contributed by atoms with Crippen molar-refractivity contribution in [3.8, 4) is 11.5 Å². The Morgan fingerprint density at radius 2 is 1.56 bits per heavy atom. The minimum Gasteiger partial charge on any atom is -0.456 e. The van der Waals surface area contributed by atoms with Crippen molar-refractivity contribution in [2.75, 3.05) is 5.32 Å². The first-order valence-corrected chi connectivity index (χ1v) is 11.6. The van der Waals surface area contributed by atoms with Gasteiger partial charge in [-0.15, -0.1) is 0 Å². The van der Waals surface area contributed by atoms with Crippen molar-refractivity contribution in [1.82, 2.24) is 0 Å². The molecule has 1 N–H and O–H groups in total. The number of furan rings is 1. The van der Waals surface area contributed by atoms with Gasteiger partial charge in [0.1, 0.15) is 23.0 Å². The van der Waals surface area contributed by atoms with E-state index in [1.165, 1.54) is 24.3 Å². The number of ether oxygens (including phenoxy) is 1. The molecule has 0 aliphatic heterocycles. The van der Waals surface area contributed by atoms with Gasteiger partial charge in [-0.05, 0) is 60.7 Å². The third-order valence-electron chi connectivity index (χ3n) is 4.50. The minimum absolute atomic E-state index is 0.0136. The van der Waals surface area contributed by atoms with E-state index in [-0.39, 0.29) is 22.2 Å². The van der Waals surface area contributed by atoms with Gasteiger partial charge in [-0.25, -0.2) is 8.42 Å². The molecule has 0 aliphatic carbocycles. The number of sulfone groups is 1. The highest BCUT2D eigenvalue weighted by Crippen LogP contribution is 2.29. The molecule has 3 aromatic carbocycles. The van der Waals surface area contributed by atoms with E-state index in [2.05, 4.69) is 5.32 Å². The third kappa shape index (κ3) is 5.19. The van der Waals surface area contributed by atoms with Crippen LogP contribution in [0.3, 0.4) is 0 Å². The van der Waals surface area contributed by atoms with Crippen LogP contribution in [0.15, 0.2) is 100 Å².